The Morgan fingerprint density at radius 1 is 1.11 bits per heavy atom. The summed E-state index contributed by atoms with van der Waals surface area (Å²) in [6.45, 7) is 12.5. The first kappa shape index (κ1) is 22.9. The van der Waals surface area contributed by atoms with Gasteiger partial charge in [-0.25, -0.2) is 8.78 Å². The normalized spacial score (nSPS) is 17.9. The first-order valence-electron chi connectivity index (χ1n) is 10.5. The van der Waals surface area contributed by atoms with Crippen molar-refractivity contribution in [2.45, 2.75) is 85.9 Å². The lowest BCUT2D eigenvalue weighted by molar-refractivity contribution is -0.0851. The fourth-order valence-electron chi connectivity index (χ4n) is 3.88. The number of benzene rings is 1. The van der Waals surface area contributed by atoms with E-state index in [2.05, 4.69) is 26.8 Å². The molecule has 1 aliphatic rings. The highest BCUT2D eigenvalue weighted by molar-refractivity contribution is 5.36. The molecule has 2 unspecified atom stereocenters. The Kier molecular flexibility index (Phi) is 8.06. The number of hydrogen-bond acceptors (Lipinski definition) is 2. The largest absolute Gasteiger partial charge is 0.459 e. The summed E-state index contributed by atoms with van der Waals surface area (Å²) in [4.78, 5) is 0. The van der Waals surface area contributed by atoms with E-state index >= 15 is 0 Å². The minimum absolute atomic E-state index is 0.0875. The van der Waals surface area contributed by atoms with Crippen LogP contribution in [0.3, 0.4) is 0 Å². The molecule has 1 saturated carbocycles. The first-order valence-corrected chi connectivity index (χ1v) is 10.5. The minimum atomic E-state index is -0.687. The summed E-state index contributed by atoms with van der Waals surface area (Å²) in [7, 11) is 0. The molecule has 0 spiro atoms. The molecule has 0 aromatic heterocycles. The van der Waals surface area contributed by atoms with Crippen molar-refractivity contribution in [3.63, 3.8) is 0 Å². The van der Waals surface area contributed by atoms with E-state index in [-0.39, 0.29) is 17.1 Å². The third kappa shape index (κ3) is 6.58. The molecule has 2 rings (SSSR count). The van der Waals surface area contributed by atoms with Gasteiger partial charge in [-0.2, -0.15) is 0 Å². The summed E-state index contributed by atoms with van der Waals surface area (Å²) < 4.78 is 40.6. The predicted octanol–water partition coefficient (Wildman–Crippen LogP) is 7.38. The van der Waals surface area contributed by atoms with Crippen molar-refractivity contribution in [3.05, 3.63) is 41.0 Å². The van der Waals surface area contributed by atoms with Crippen LogP contribution in [0.15, 0.2) is 23.8 Å². The molecule has 0 radical (unpaired) electrons. The van der Waals surface area contributed by atoms with Gasteiger partial charge in [0.25, 0.3) is 0 Å². The second-order valence-electron chi connectivity index (χ2n) is 9.42. The van der Waals surface area contributed by atoms with Crippen LogP contribution in [0.25, 0.3) is 0 Å². The summed E-state index contributed by atoms with van der Waals surface area (Å²) in [5.74, 6) is -1.28. The molecule has 158 valence electrons. The van der Waals surface area contributed by atoms with Crippen molar-refractivity contribution in [1.29, 1.82) is 0 Å². The van der Waals surface area contributed by atoms with Crippen LogP contribution in [0, 0.1) is 23.0 Å². The topological polar surface area (TPSA) is 18.5 Å². The SMILES string of the molecule is CC(C)=CC(c1cc(F)c(OC(C)OCC2CCCCC2)c(F)c1)C(C)(C)C. The second-order valence-corrected chi connectivity index (χ2v) is 9.42. The fourth-order valence-corrected chi connectivity index (χ4v) is 3.88. The molecule has 0 amide bonds. The Morgan fingerprint density at radius 3 is 2.18 bits per heavy atom. The quantitative estimate of drug-likeness (QED) is 0.355. The molecule has 0 N–H and O–H groups in total. The highest BCUT2D eigenvalue weighted by atomic mass is 19.1. The molecule has 0 aliphatic heterocycles. The molecule has 0 heterocycles. The molecule has 0 saturated heterocycles. The summed E-state index contributed by atoms with van der Waals surface area (Å²) in [6.07, 6.45) is 7.43. The maximum absolute atomic E-state index is 14.7. The van der Waals surface area contributed by atoms with Crippen LogP contribution in [0.2, 0.25) is 0 Å². The van der Waals surface area contributed by atoms with Crippen molar-refractivity contribution in [2.75, 3.05) is 6.61 Å². The van der Waals surface area contributed by atoms with Crippen molar-refractivity contribution in [2.24, 2.45) is 11.3 Å². The van der Waals surface area contributed by atoms with Crippen LogP contribution in [0.1, 0.15) is 85.1 Å². The molecule has 4 heteroatoms. The van der Waals surface area contributed by atoms with E-state index in [4.69, 9.17) is 9.47 Å². The van der Waals surface area contributed by atoms with E-state index in [0.717, 1.165) is 18.4 Å². The van der Waals surface area contributed by atoms with Gasteiger partial charge >= 0.3 is 0 Å². The minimum Gasteiger partial charge on any atom is -0.459 e. The number of allylic oxidation sites excluding steroid dienone is 2. The monoisotopic (exact) mass is 394 g/mol. The molecule has 28 heavy (non-hydrogen) atoms. The Hall–Kier alpha value is -1.42. The standard InChI is InChI=1S/C24H36F2O2/c1-16(2)12-20(24(4,5)6)19-13-21(25)23(22(26)14-19)28-17(3)27-15-18-10-8-7-9-11-18/h12-14,17-18,20H,7-11,15H2,1-6H3. The number of rotatable bonds is 7. The van der Waals surface area contributed by atoms with Gasteiger partial charge in [0, 0.05) is 5.92 Å². The van der Waals surface area contributed by atoms with E-state index in [1.807, 2.05) is 13.8 Å². The molecule has 0 bridgehead atoms. The average Bonchev–Trinajstić information content (AvgIpc) is 2.60. The van der Waals surface area contributed by atoms with Gasteiger partial charge in [0.15, 0.2) is 23.7 Å². The summed E-state index contributed by atoms with van der Waals surface area (Å²) in [5.41, 5.74) is 1.58. The molecule has 2 atom stereocenters. The summed E-state index contributed by atoms with van der Waals surface area (Å²) in [5, 5.41) is 0. The van der Waals surface area contributed by atoms with E-state index in [1.165, 1.54) is 31.4 Å². The Bertz CT molecular complexity index is 643. The molecule has 1 aromatic rings. The number of ether oxygens (including phenoxy) is 2. The van der Waals surface area contributed by atoms with Gasteiger partial charge in [0.1, 0.15) is 0 Å². The van der Waals surface area contributed by atoms with E-state index in [1.54, 1.807) is 6.92 Å². The lowest BCUT2D eigenvalue weighted by atomic mass is 9.75. The van der Waals surface area contributed by atoms with Gasteiger partial charge in [-0.3, -0.25) is 0 Å². The number of hydrogen-bond donors (Lipinski definition) is 0. The van der Waals surface area contributed by atoms with Gasteiger partial charge in [0.05, 0.1) is 6.61 Å². The van der Waals surface area contributed by atoms with E-state index < -0.39 is 17.9 Å². The Morgan fingerprint density at radius 2 is 1.68 bits per heavy atom. The fraction of sp³-hybridized carbons (Fsp3) is 0.667. The zero-order valence-corrected chi connectivity index (χ0v) is 18.3. The van der Waals surface area contributed by atoms with Gasteiger partial charge < -0.3 is 9.47 Å². The third-order valence-electron chi connectivity index (χ3n) is 5.39. The highest BCUT2D eigenvalue weighted by Gasteiger charge is 2.27. The van der Waals surface area contributed by atoms with Crippen LogP contribution in [0.4, 0.5) is 8.78 Å². The van der Waals surface area contributed by atoms with Crippen molar-refractivity contribution in [1.82, 2.24) is 0 Å². The van der Waals surface area contributed by atoms with Crippen LogP contribution in [0.5, 0.6) is 5.75 Å². The molecule has 1 aromatic carbocycles. The molecule has 1 aliphatic carbocycles. The summed E-state index contributed by atoms with van der Waals surface area (Å²) >= 11 is 0. The molecular weight excluding hydrogens is 358 g/mol. The third-order valence-corrected chi connectivity index (χ3v) is 5.39. The zero-order valence-electron chi connectivity index (χ0n) is 18.3. The maximum atomic E-state index is 14.7. The second kappa shape index (κ2) is 9.87. The van der Waals surface area contributed by atoms with Gasteiger partial charge in [0.2, 0.25) is 0 Å². The van der Waals surface area contributed by atoms with Crippen LogP contribution < -0.4 is 4.74 Å². The summed E-state index contributed by atoms with van der Waals surface area (Å²) in [6, 6.07) is 2.78. The first-order chi connectivity index (χ1) is 13.1. The Labute approximate surface area is 169 Å². The van der Waals surface area contributed by atoms with Crippen molar-refractivity contribution < 1.29 is 18.3 Å². The lowest BCUT2D eigenvalue weighted by Gasteiger charge is -2.30. The van der Waals surface area contributed by atoms with Crippen molar-refractivity contribution >= 4 is 0 Å². The van der Waals surface area contributed by atoms with Crippen LogP contribution in [-0.2, 0) is 4.74 Å². The molecular formula is C24H36F2O2. The zero-order chi connectivity index (χ0) is 20.9. The van der Waals surface area contributed by atoms with Crippen LogP contribution in [-0.4, -0.2) is 12.9 Å². The molecule has 1 fully saturated rings. The van der Waals surface area contributed by atoms with Gasteiger partial charge in [-0.1, -0.05) is 51.7 Å². The van der Waals surface area contributed by atoms with Crippen molar-refractivity contribution in [3.8, 4) is 5.75 Å². The number of halogens is 2. The average molecular weight is 395 g/mol. The van der Waals surface area contributed by atoms with E-state index in [9.17, 15) is 8.78 Å². The molecule has 2 nitrogen and oxygen atoms in total. The van der Waals surface area contributed by atoms with E-state index in [0.29, 0.717) is 18.1 Å². The van der Waals surface area contributed by atoms with Gasteiger partial charge in [-0.15, -0.1) is 0 Å². The van der Waals surface area contributed by atoms with Gasteiger partial charge in [-0.05, 0) is 62.6 Å². The smallest absolute Gasteiger partial charge is 0.197 e. The van der Waals surface area contributed by atoms with Crippen LogP contribution >= 0.6 is 0 Å². The highest BCUT2D eigenvalue weighted by Crippen LogP contribution is 2.39. The predicted molar refractivity (Wildman–Crippen MR) is 111 cm³/mol. The lowest BCUT2D eigenvalue weighted by Crippen LogP contribution is -2.23. The Balaban J connectivity index is 2.10. The maximum Gasteiger partial charge on any atom is 0.197 e.